The minimum atomic E-state index is 0.216. The van der Waals surface area contributed by atoms with E-state index in [9.17, 15) is 5.11 Å². The maximum Gasteiger partial charge on any atom is 0.232 e. The zero-order valence-electron chi connectivity index (χ0n) is 11.0. The lowest BCUT2D eigenvalue weighted by Crippen LogP contribution is -1.95. The van der Waals surface area contributed by atoms with Crippen LogP contribution < -0.4 is 4.74 Å². The smallest absolute Gasteiger partial charge is 0.232 e. The van der Waals surface area contributed by atoms with Gasteiger partial charge in [0.2, 0.25) is 5.89 Å². The Hall–Kier alpha value is -2.46. The Morgan fingerprint density at radius 3 is 2.48 bits per heavy atom. The third-order valence-electron chi connectivity index (χ3n) is 2.89. The summed E-state index contributed by atoms with van der Waals surface area (Å²) in [5.74, 6) is 1.39. The van der Waals surface area contributed by atoms with Gasteiger partial charge in [0.25, 0.3) is 0 Å². The van der Waals surface area contributed by atoms with Gasteiger partial charge in [0.05, 0.1) is 0 Å². The van der Waals surface area contributed by atoms with Crippen LogP contribution in [0.5, 0.6) is 11.5 Å². The van der Waals surface area contributed by atoms with E-state index in [0.717, 1.165) is 5.56 Å². The van der Waals surface area contributed by atoms with Gasteiger partial charge in [-0.05, 0) is 48.5 Å². The van der Waals surface area contributed by atoms with Crippen LogP contribution in [0.25, 0.3) is 11.3 Å². The second kappa shape index (κ2) is 5.89. The molecule has 0 fully saturated rings. The predicted molar refractivity (Wildman–Crippen MR) is 79.4 cm³/mol. The Kier molecular flexibility index (Phi) is 3.79. The number of aromatic hydroxyl groups is 1. The molecule has 106 valence electrons. The van der Waals surface area contributed by atoms with Crippen LogP contribution in [-0.2, 0) is 6.61 Å². The summed E-state index contributed by atoms with van der Waals surface area (Å²) < 4.78 is 10.9. The van der Waals surface area contributed by atoms with E-state index in [1.54, 1.807) is 54.8 Å². The van der Waals surface area contributed by atoms with Crippen molar-refractivity contribution < 1.29 is 14.3 Å². The molecule has 3 aromatic rings. The van der Waals surface area contributed by atoms with Gasteiger partial charge in [-0.1, -0.05) is 11.6 Å². The van der Waals surface area contributed by atoms with Gasteiger partial charge in [-0.25, -0.2) is 4.98 Å². The number of hydrogen-bond donors (Lipinski definition) is 1. The third kappa shape index (κ3) is 3.35. The highest BCUT2D eigenvalue weighted by atomic mass is 35.5. The molecule has 0 unspecified atom stereocenters. The molecule has 1 heterocycles. The number of hydrogen-bond acceptors (Lipinski definition) is 4. The number of benzene rings is 2. The van der Waals surface area contributed by atoms with Crippen molar-refractivity contribution in [2.75, 3.05) is 0 Å². The van der Waals surface area contributed by atoms with Crippen LogP contribution >= 0.6 is 11.6 Å². The molecule has 0 radical (unpaired) electrons. The van der Waals surface area contributed by atoms with Crippen molar-refractivity contribution in [2.24, 2.45) is 0 Å². The maximum absolute atomic E-state index is 9.27. The molecule has 4 nitrogen and oxygen atoms in total. The maximum atomic E-state index is 9.27. The van der Waals surface area contributed by atoms with E-state index in [2.05, 4.69) is 4.98 Å². The highest BCUT2D eigenvalue weighted by Crippen LogP contribution is 2.22. The lowest BCUT2D eigenvalue weighted by atomic mass is 10.2. The SMILES string of the molecule is Oc1ccc(-c2coc(COc3ccc(Cl)cc3)n2)cc1. The van der Waals surface area contributed by atoms with E-state index in [0.29, 0.717) is 22.4 Å². The quantitative estimate of drug-likeness (QED) is 0.781. The average Bonchev–Trinajstić information content (AvgIpc) is 2.96. The molecule has 5 heteroatoms. The topological polar surface area (TPSA) is 55.5 Å². The van der Waals surface area contributed by atoms with E-state index >= 15 is 0 Å². The summed E-state index contributed by atoms with van der Waals surface area (Å²) in [6.07, 6.45) is 1.56. The standard InChI is InChI=1S/C16H12ClNO3/c17-12-3-7-14(8-4-12)20-10-16-18-15(9-21-16)11-1-5-13(19)6-2-11/h1-9,19H,10H2. The van der Waals surface area contributed by atoms with Gasteiger partial charge in [0, 0.05) is 10.6 Å². The van der Waals surface area contributed by atoms with E-state index in [-0.39, 0.29) is 12.4 Å². The fourth-order valence-corrected chi connectivity index (χ4v) is 1.94. The van der Waals surface area contributed by atoms with Crippen molar-refractivity contribution >= 4 is 11.6 Å². The highest BCUT2D eigenvalue weighted by Gasteiger charge is 2.07. The number of rotatable bonds is 4. The average molecular weight is 302 g/mol. The number of ether oxygens (including phenoxy) is 1. The Balaban J connectivity index is 1.67. The van der Waals surface area contributed by atoms with Gasteiger partial charge in [-0.3, -0.25) is 0 Å². The number of phenols is 1. The first-order chi connectivity index (χ1) is 10.2. The molecule has 0 atom stereocenters. The summed E-state index contributed by atoms with van der Waals surface area (Å²) in [5, 5.41) is 9.93. The van der Waals surface area contributed by atoms with Crippen LogP contribution in [0.4, 0.5) is 0 Å². The molecule has 1 aromatic heterocycles. The second-order valence-electron chi connectivity index (χ2n) is 4.42. The molecule has 0 aliphatic carbocycles. The van der Waals surface area contributed by atoms with Crippen LogP contribution in [0.15, 0.2) is 59.2 Å². The van der Waals surface area contributed by atoms with Gasteiger partial charge < -0.3 is 14.3 Å². The molecular formula is C16H12ClNO3. The minimum Gasteiger partial charge on any atom is -0.508 e. The van der Waals surface area contributed by atoms with E-state index in [1.165, 1.54) is 0 Å². The van der Waals surface area contributed by atoms with Gasteiger partial charge in [0.15, 0.2) is 6.61 Å². The molecule has 0 aliphatic heterocycles. The molecule has 21 heavy (non-hydrogen) atoms. The minimum absolute atomic E-state index is 0.216. The van der Waals surface area contributed by atoms with Crippen molar-refractivity contribution in [3.05, 3.63) is 65.7 Å². The largest absolute Gasteiger partial charge is 0.508 e. The number of phenolic OH excluding ortho intramolecular Hbond substituents is 1. The molecule has 0 saturated heterocycles. The highest BCUT2D eigenvalue weighted by molar-refractivity contribution is 6.30. The van der Waals surface area contributed by atoms with Gasteiger partial charge in [0.1, 0.15) is 23.5 Å². The molecule has 1 N–H and O–H groups in total. The van der Waals surface area contributed by atoms with Crippen LogP contribution in [-0.4, -0.2) is 10.1 Å². The number of halogens is 1. The third-order valence-corrected chi connectivity index (χ3v) is 3.14. The summed E-state index contributed by atoms with van der Waals surface area (Å²) in [6, 6.07) is 13.8. The van der Waals surface area contributed by atoms with Gasteiger partial charge >= 0.3 is 0 Å². The molecule has 0 spiro atoms. The Morgan fingerprint density at radius 1 is 1.05 bits per heavy atom. The fraction of sp³-hybridized carbons (Fsp3) is 0.0625. The van der Waals surface area contributed by atoms with Gasteiger partial charge in [-0.15, -0.1) is 0 Å². The van der Waals surface area contributed by atoms with Crippen molar-refractivity contribution in [2.45, 2.75) is 6.61 Å². The number of oxazole rings is 1. The summed E-state index contributed by atoms with van der Waals surface area (Å²) in [4.78, 5) is 4.34. The molecular weight excluding hydrogens is 290 g/mol. The summed E-state index contributed by atoms with van der Waals surface area (Å²) >= 11 is 5.81. The zero-order valence-corrected chi connectivity index (χ0v) is 11.7. The van der Waals surface area contributed by atoms with Crippen LogP contribution in [0.2, 0.25) is 5.02 Å². The fourth-order valence-electron chi connectivity index (χ4n) is 1.82. The molecule has 0 aliphatic rings. The number of nitrogens with zero attached hydrogens (tertiary/aromatic N) is 1. The lowest BCUT2D eigenvalue weighted by Gasteiger charge is -2.02. The van der Waals surface area contributed by atoms with Crippen LogP contribution in [0, 0.1) is 0 Å². The van der Waals surface area contributed by atoms with E-state index in [4.69, 9.17) is 20.8 Å². The Bertz CT molecular complexity index is 720. The van der Waals surface area contributed by atoms with Crippen molar-refractivity contribution in [3.8, 4) is 22.8 Å². The van der Waals surface area contributed by atoms with Crippen molar-refractivity contribution in [1.82, 2.24) is 4.98 Å². The molecule has 0 bridgehead atoms. The zero-order chi connectivity index (χ0) is 14.7. The molecule has 2 aromatic carbocycles. The summed E-state index contributed by atoms with van der Waals surface area (Å²) in [7, 11) is 0. The van der Waals surface area contributed by atoms with Crippen LogP contribution in [0.1, 0.15) is 5.89 Å². The van der Waals surface area contributed by atoms with Crippen molar-refractivity contribution in [1.29, 1.82) is 0 Å². The Morgan fingerprint density at radius 2 is 1.76 bits per heavy atom. The molecule has 0 amide bonds. The predicted octanol–water partition coefficient (Wildman–Crippen LogP) is 4.28. The summed E-state index contributed by atoms with van der Waals surface area (Å²) in [5.41, 5.74) is 1.57. The Labute approximate surface area is 126 Å². The first kappa shape index (κ1) is 13.5. The number of aromatic nitrogens is 1. The van der Waals surface area contributed by atoms with E-state index < -0.39 is 0 Å². The normalized spacial score (nSPS) is 10.5. The lowest BCUT2D eigenvalue weighted by molar-refractivity contribution is 0.263. The molecule has 0 saturated carbocycles. The first-order valence-corrected chi connectivity index (χ1v) is 6.71. The van der Waals surface area contributed by atoms with Crippen molar-refractivity contribution in [3.63, 3.8) is 0 Å². The second-order valence-corrected chi connectivity index (χ2v) is 4.85. The first-order valence-electron chi connectivity index (χ1n) is 6.33. The monoisotopic (exact) mass is 301 g/mol. The summed E-state index contributed by atoms with van der Waals surface area (Å²) in [6.45, 7) is 0.236. The molecule has 3 rings (SSSR count). The van der Waals surface area contributed by atoms with Crippen LogP contribution in [0.3, 0.4) is 0 Å². The van der Waals surface area contributed by atoms with Gasteiger partial charge in [-0.2, -0.15) is 0 Å². The van der Waals surface area contributed by atoms with E-state index in [1.807, 2.05) is 0 Å².